The molecule has 0 fully saturated rings. The maximum absolute atomic E-state index is 13.8. The summed E-state index contributed by atoms with van der Waals surface area (Å²) in [5.74, 6) is -1.29. The molecule has 1 atom stereocenters. The maximum atomic E-state index is 13.8. The van der Waals surface area contributed by atoms with Crippen LogP contribution in [0.3, 0.4) is 0 Å². The molecule has 1 N–H and O–H groups in total. The molecule has 0 saturated carbocycles. The molecule has 1 unspecified atom stereocenters. The van der Waals surface area contributed by atoms with Crippen molar-refractivity contribution in [1.82, 2.24) is 10.2 Å². The summed E-state index contributed by atoms with van der Waals surface area (Å²) in [5.41, 5.74) is -0.0808. The lowest BCUT2D eigenvalue weighted by atomic mass is 10.0. The normalized spacial score (nSPS) is 12.5. The van der Waals surface area contributed by atoms with E-state index in [-0.39, 0.29) is 18.7 Å². The molecule has 2 amide bonds. The van der Waals surface area contributed by atoms with Crippen LogP contribution in [0.4, 0.5) is 18.9 Å². The molecule has 0 aromatic heterocycles. The number of nitrogens with zero attached hydrogens (tertiary/aromatic N) is 2. The number of benzene rings is 3. The molecule has 0 radical (unpaired) electrons. The fourth-order valence-electron chi connectivity index (χ4n) is 4.00. The Balaban J connectivity index is 2.05. The Morgan fingerprint density at radius 1 is 0.949 bits per heavy atom. The summed E-state index contributed by atoms with van der Waals surface area (Å²) < 4.78 is 66.0. The molecule has 39 heavy (non-hydrogen) atoms. The highest BCUT2D eigenvalue weighted by atomic mass is 35.5. The summed E-state index contributed by atoms with van der Waals surface area (Å²) in [6.07, 6.45) is -3.82. The maximum Gasteiger partial charge on any atom is 0.416 e. The zero-order valence-electron chi connectivity index (χ0n) is 21.2. The average molecular weight is 582 g/mol. The van der Waals surface area contributed by atoms with Crippen LogP contribution in [0.1, 0.15) is 16.7 Å². The molecule has 0 aliphatic rings. The van der Waals surface area contributed by atoms with Gasteiger partial charge in [0.1, 0.15) is 12.6 Å². The van der Waals surface area contributed by atoms with Gasteiger partial charge in [0.2, 0.25) is 21.8 Å². The summed E-state index contributed by atoms with van der Waals surface area (Å²) in [7, 11) is -2.79. The van der Waals surface area contributed by atoms with Crippen LogP contribution in [-0.4, -0.2) is 51.0 Å². The third-order valence-electron chi connectivity index (χ3n) is 5.90. The molecule has 208 valence electrons. The number of likely N-dealkylation sites (N-methyl/N-ethyl adjacent to an activating group) is 1. The summed E-state index contributed by atoms with van der Waals surface area (Å²) in [6.45, 7) is -0.937. The number of rotatable bonds is 10. The van der Waals surface area contributed by atoms with Crippen LogP contribution in [0.2, 0.25) is 5.02 Å². The quantitative estimate of drug-likeness (QED) is 0.382. The van der Waals surface area contributed by atoms with Crippen LogP contribution in [0, 0.1) is 0 Å². The molecule has 0 saturated heterocycles. The van der Waals surface area contributed by atoms with E-state index >= 15 is 0 Å². The number of carbonyl (C=O) groups is 2. The number of halogens is 4. The van der Waals surface area contributed by atoms with Crippen molar-refractivity contribution in [3.8, 4) is 0 Å². The predicted octanol–water partition coefficient (Wildman–Crippen LogP) is 4.51. The molecule has 0 aliphatic carbocycles. The van der Waals surface area contributed by atoms with Crippen LogP contribution in [0.25, 0.3) is 0 Å². The minimum Gasteiger partial charge on any atom is -0.357 e. The van der Waals surface area contributed by atoms with E-state index in [2.05, 4.69) is 5.32 Å². The van der Waals surface area contributed by atoms with E-state index in [1.165, 1.54) is 18.0 Å². The lowest BCUT2D eigenvalue weighted by Crippen LogP contribution is -2.52. The third kappa shape index (κ3) is 8.21. The van der Waals surface area contributed by atoms with Gasteiger partial charge in [-0.3, -0.25) is 13.9 Å². The number of nitrogens with one attached hydrogen (secondary N) is 1. The van der Waals surface area contributed by atoms with Crippen molar-refractivity contribution >= 4 is 39.1 Å². The highest BCUT2D eigenvalue weighted by Gasteiger charge is 2.34. The summed E-state index contributed by atoms with van der Waals surface area (Å²) in [4.78, 5) is 28.0. The lowest BCUT2D eigenvalue weighted by molar-refractivity contribution is -0.139. The van der Waals surface area contributed by atoms with Gasteiger partial charge in [0.15, 0.2) is 0 Å². The topological polar surface area (TPSA) is 86.8 Å². The lowest BCUT2D eigenvalue weighted by Gasteiger charge is -2.33. The van der Waals surface area contributed by atoms with Crippen molar-refractivity contribution in [1.29, 1.82) is 0 Å². The molecule has 7 nitrogen and oxygen atoms in total. The minimum absolute atomic E-state index is 0.106. The molecule has 3 aromatic rings. The van der Waals surface area contributed by atoms with Gasteiger partial charge >= 0.3 is 6.18 Å². The van der Waals surface area contributed by atoms with Gasteiger partial charge in [-0.05, 0) is 41.5 Å². The summed E-state index contributed by atoms with van der Waals surface area (Å²) in [6, 6.07) is 18.1. The molecular formula is C27H27ClF3N3O4S. The molecular weight excluding hydrogens is 555 g/mol. The third-order valence-corrected chi connectivity index (χ3v) is 7.28. The zero-order valence-corrected chi connectivity index (χ0v) is 22.7. The Kier molecular flexibility index (Phi) is 9.63. The Bertz CT molecular complexity index is 1420. The van der Waals surface area contributed by atoms with Gasteiger partial charge in [0, 0.05) is 25.0 Å². The number of hydrogen-bond acceptors (Lipinski definition) is 4. The van der Waals surface area contributed by atoms with E-state index in [0.717, 1.165) is 24.0 Å². The number of carbonyl (C=O) groups excluding carboxylic acids is 2. The van der Waals surface area contributed by atoms with Gasteiger partial charge in [-0.2, -0.15) is 13.2 Å². The van der Waals surface area contributed by atoms with Gasteiger partial charge in [0.25, 0.3) is 0 Å². The predicted molar refractivity (Wildman–Crippen MR) is 144 cm³/mol. The second-order valence-corrected chi connectivity index (χ2v) is 11.1. The Morgan fingerprint density at radius 2 is 1.59 bits per heavy atom. The minimum atomic E-state index is -4.72. The highest BCUT2D eigenvalue weighted by molar-refractivity contribution is 7.92. The first kappa shape index (κ1) is 30.0. The number of anilines is 1. The van der Waals surface area contributed by atoms with E-state index in [9.17, 15) is 31.2 Å². The first-order valence-corrected chi connectivity index (χ1v) is 14.0. The van der Waals surface area contributed by atoms with Crippen molar-refractivity contribution in [3.63, 3.8) is 0 Å². The van der Waals surface area contributed by atoms with Gasteiger partial charge in [-0.25, -0.2) is 8.42 Å². The van der Waals surface area contributed by atoms with Crippen molar-refractivity contribution < 1.29 is 31.2 Å². The second kappa shape index (κ2) is 12.5. The van der Waals surface area contributed by atoms with E-state index in [0.29, 0.717) is 21.0 Å². The molecule has 0 bridgehead atoms. The number of amides is 2. The SMILES string of the molecule is CNC(=O)C(Cc1ccccc1)N(Cc1cccc(Cl)c1)C(=O)CN(c1cccc(C(F)(F)F)c1)S(C)(=O)=O. The summed E-state index contributed by atoms with van der Waals surface area (Å²) >= 11 is 6.12. The van der Waals surface area contributed by atoms with E-state index < -0.39 is 46.2 Å². The van der Waals surface area contributed by atoms with Crippen molar-refractivity contribution in [3.05, 3.63) is 101 Å². The Hall–Kier alpha value is -3.57. The second-order valence-electron chi connectivity index (χ2n) is 8.79. The van der Waals surface area contributed by atoms with Crippen molar-refractivity contribution in [2.45, 2.75) is 25.2 Å². The van der Waals surface area contributed by atoms with Gasteiger partial charge in [-0.1, -0.05) is 60.1 Å². The molecule has 3 aromatic carbocycles. The van der Waals surface area contributed by atoms with Crippen molar-refractivity contribution in [2.24, 2.45) is 0 Å². The zero-order chi connectivity index (χ0) is 28.8. The fraction of sp³-hybridized carbons (Fsp3) is 0.259. The van der Waals surface area contributed by atoms with Crippen LogP contribution in [-0.2, 0) is 38.8 Å². The monoisotopic (exact) mass is 581 g/mol. The Labute approximate surface area is 230 Å². The Morgan fingerprint density at radius 3 is 2.18 bits per heavy atom. The smallest absolute Gasteiger partial charge is 0.357 e. The van der Waals surface area contributed by atoms with Crippen LogP contribution < -0.4 is 9.62 Å². The van der Waals surface area contributed by atoms with E-state index in [1.54, 1.807) is 54.6 Å². The van der Waals surface area contributed by atoms with Crippen LogP contribution >= 0.6 is 11.6 Å². The van der Waals surface area contributed by atoms with Crippen LogP contribution in [0.5, 0.6) is 0 Å². The van der Waals surface area contributed by atoms with Gasteiger partial charge < -0.3 is 10.2 Å². The molecule has 0 spiro atoms. The average Bonchev–Trinajstić information content (AvgIpc) is 2.88. The molecule has 3 rings (SSSR count). The number of alkyl halides is 3. The summed E-state index contributed by atoms with van der Waals surface area (Å²) in [5, 5.41) is 2.93. The van der Waals surface area contributed by atoms with Gasteiger partial charge in [-0.15, -0.1) is 0 Å². The first-order chi connectivity index (χ1) is 18.3. The standard InChI is InChI=1S/C27H27ClF3N3O4S/c1-32-26(36)24(15-19-8-4-3-5-9-19)33(17-20-10-6-12-22(28)14-20)25(35)18-34(39(2,37)38)23-13-7-11-21(16-23)27(29,30)31/h3-14,16,24H,15,17-18H2,1-2H3,(H,32,36). The first-order valence-electron chi connectivity index (χ1n) is 11.7. The molecule has 0 heterocycles. The highest BCUT2D eigenvalue weighted by Crippen LogP contribution is 2.32. The van der Waals surface area contributed by atoms with E-state index in [4.69, 9.17) is 11.6 Å². The van der Waals surface area contributed by atoms with E-state index in [1.807, 2.05) is 0 Å². The fourth-order valence-corrected chi connectivity index (χ4v) is 5.06. The number of sulfonamides is 1. The molecule has 12 heteroatoms. The molecule has 0 aliphatic heterocycles. The van der Waals surface area contributed by atoms with Crippen molar-refractivity contribution in [2.75, 3.05) is 24.2 Å². The van der Waals surface area contributed by atoms with Gasteiger partial charge in [0.05, 0.1) is 17.5 Å². The number of hydrogen-bond donors (Lipinski definition) is 1. The van der Waals surface area contributed by atoms with Crippen LogP contribution in [0.15, 0.2) is 78.9 Å². The largest absolute Gasteiger partial charge is 0.416 e.